The summed E-state index contributed by atoms with van der Waals surface area (Å²) in [6, 6.07) is 0. The van der Waals surface area contributed by atoms with Gasteiger partial charge in [-0.2, -0.15) is 4.98 Å². The van der Waals surface area contributed by atoms with E-state index in [0.29, 0.717) is 24.9 Å². The van der Waals surface area contributed by atoms with E-state index >= 15 is 0 Å². The zero-order chi connectivity index (χ0) is 12.3. The van der Waals surface area contributed by atoms with Crippen molar-refractivity contribution in [2.24, 2.45) is 5.73 Å². The highest BCUT2D eigenvalue weighted by Gasteiger charge is 2.25. The van der Waals surface area contributed by atoms with Crippen molar-refractivity contribution in [2.45, 2.75) is 25.4 Å². The largest absolute Gasteiger partial charge is 0.367 e. The quantitative estimate of drug-likeness (QED) is 0.827. The standard InChI is InChI=1S/C11H20N4O2/c1-8(3-4-12)11-13-10(14-17-11)9-7-15(2)5-6-16-9/h8-9H,3-7,12H2,1-2H3. The van der Waals surface area contributed by atoms with Gasteiger partial charge in [0.25, 0.3) is 0 Å². The van der Waals surface area contributed by atoms with Gasteiger partial charge in [0.15, 0.2) is 0 Å². The molecule has 2 heterocycles. The van der Waals surface area contributed by atoms with Gasteiger partial charge in [0, 0.05) is 19.0 Å². The maximum absolute atomic E-state index is 5.64. The zero-order valence-electron chi connectivity index (χ0n) is 10.4. The molecule has 2 atom stereocenters. The van der Waals surface area contributed by atoms with Crippen LogP contribution in [0.3, 0.4) is 0 Å². The Balaban J connectivity index is 2.02. The summed E-state index contributed by atoms with van der Waals surface area (Å²) in [6.07, 6.45) is 0.781. The van der Waals surface area contributed by atoms with Crippen LogP contribution < -0.4 is 5.73 Å². The van der Waals surface area contributed by atoms with Crippen molar-refractivity contribution >= 4 is 0 Å². The lowest BCUT2D eigenvalue weighted by Gasteiger charge is -2.27. The summed E-state index contributed by atoms with van der Waals surface area (Å²) in [4.78, 5) is 6.60. The fourth-order valence-corrected chi connectivity index (χ4v) is 1.89. The molecule has 0 spiro atoms. The summed E-state index contributed by atoms with van der Waals surface area (Å²) in [7, 11) is 2.06. The minimum absolute atomic E-state index is 0.0728. The van der Waals surface area contributed by atoms with Gasteiger partial charge in [0.2, 0.25) is 11.7 Å². The number of hydrogen-bond acceptors (Lipinski definition) is 6. The van der Waals surface area contributed by atoms with Crippen molar-refractivity contribution in [2.75, 3.05) is 33.3 Å². The normalized spacial score (nSPS) is 23.8. The SMILES string of the molecule is CC(CCN)c1nc(C2CN(C)CCO2)no1. The predicted octanol–water partition coefficient (Wildman–Crippen LogP) is 0.525. The molecular formula is C11H20N4O2. The summed E-state index contributed by atoms with van der Waals surface area (Å²) >= 11 is 0. The molecule has 2 unspecified atom stereocenters. The average molecular weight is 240 g/mol. The molecule has 6 nitrogen and oxygen atoms in total. The fourth-order valence-electron chi connectivity index (χ4n) is 1.89. The first-order valence-corrected chi connectivity index (χ1v) is 6.04. The smallest absolute Gasteiger partial charge is 0.229 e. The molecule has 0 saturated carbocycles. The highest BCUT2D eigenvalue weighted by molar-refractivity contribution is 4.97. The van der Waals surface area contributed by atoms with Crippen LogP contribution in [-0.4, -0.2) is 48.3 Å². The Kier molecular flexibility index (Phi) is 4.09. The average Bonchev–Trinajstić information content (AvgIpc) is 2.78. The van der Waals surface area contributed by atoms with Crippen LogP contribution in [0.1, 0.15) is 37.1 Å². The lowest BCUT2D eigenvalue weighted by molar-refractivity contribution is -0.0264. The molecule has 17 heavy (non-hydrogen) atoms. The van der Waals surface area contributed by atoms with Crippen LogP contribution in [0.2, 0.25) is 0 Å². The molecule has 1 aliphatic rings. The molecule has 1 fully saturated rings. The molecule has 1 saturated heterocycles. The second-order valence-corrected chi connectivity index (χ2v) is 4.59. The molecule has 2 rings (SSSR count). The maximum Gasteiger partial charge on any atom is 0.229 e. The van der Waals surface area contributed by atoms with Gasteiger partial charge < -0.3 is 19.9 Å². The molecule has 96 valence electrons. The Morgan fingerprint density at radius 1 is 1.59 bits per heavy atom. The van der Waals surface area contributed by atoms with Crippen molar-refractivity contribution in [3.8, 4) is 0 Å². The molecule has 0 aliphatic carbocycles. The minimum Gasteiger partial charge on any atom is -0.367 e. The van der Waals surface area contributed by atoms with Crippen LogP contribution >= 0.6 is 0 Å². The van der Waals surface area contributed by atoms with E-state index in [0.717, 1.165) is 19.5 Å². The third-order valence-electron chi connectivity index (χ3n) is 3.04. The van der Waals surface area contributed by atoms with Crippen molar-refractivity contribution in [3.05, 3.63) is 11.7 Å². The van der Waals surface area contributed by atoms with Gasteiger partial charge in [-0.3, -0.25) is 0 Å². The van der Waals surface area contributed by atoms with Crippen LogP contribution in [0.15, 0.2) is 4.52 Å². The number of nitrogens with two attached hydrogens (primary N) is 1. The number of hydrogen-bond donors (Lipinski definition) is 1. The van der Waals surface area contributed by atoms with Gasteiger partial charge in [-0.15, -0.1) is 0 Å². The molecule has 0 amide bonds. The van der Waals surface area contributed by atoms with Crippen LogP contribution in [0.5, 0.6) is 0 Å². The summed E-state index contributed by atoms with van der Waals surface area (Å²) in [5, 5.41) is 4.00. The van der Waals surface area contributed by atoms with E-state index in [4.69, 9.17) is 15.0 Å². The molecule has 0 radical (unpaired) electrons. The van der Waals surface area contributed by atoms with E-state index in [1.54, 1.807) is 0 Å². The second kappa shape index (κ2) is 5.57. The van der Waals surface area contributed by atoms with E-state index in [1.165, 1.54) is 0 Å². The summed E-state index contributed by atoms with van der Waals surface area (Å²) < 4.78 is 10.9. The highest BCUT2D eigenvalue weighted by Crippen LogP contribution is 2.22. The molecule has 0 aromatic carbocycles. The summed E-state index contributed by atoms with van der Waals surface area (Å²) in [5.74, 6) is 1.51. The Morgan fingerprint density at radius 3 is 3.12 bits per heavy atom. The second-order valence-electron chi connectivity index (χ2n) is 4.59. The van der Waals surface area contributed by atoms with Gasteiger partial charge in [0.1, 0.15) is 6.10 Å². The lowest BCUT2D eigenvalue weighted by atomic mass is 10.1. The Hall–Kier alpha value is -0.980. The lowest BCUT2D eigenvalue weighted by Crippen LogP contribution is -2.35. The van der Waals surface area contributed by atoms with E-state index in [9.17, 15) is 0 Å². The van der Waals surface area contributed by atoms with Crippen molar-refractivity contribution in [3.63, 3.8) is 0 Å². The topological polar surface area (TPSA) is 77.4 Å². The van der Waals surface area contributed by atoms with Crippen LogP contribution in [0.4, 0.5) is 0 Å². The van der Waals surface area contributed by atoms with E-state index in [1.807, 2.05) is 6.92 Å². The minimum atomic E-state index is -0.0728. The number of nitrogens with zero attached hydrogens (tertiary/aromatic N) is 3. The summed E-state index contributed by atoms with van der Waals surface area (Å²) in [6.45, 7) is 5.14. The highest BCUT2D eigenvalue weighted by atomic mass is 16.5. The van der Waals surface area contributed by atoms with Crippen molar-refractivity contribution in [1.29, 1.82) is 0 Å². The van der Waals surface area contributed by atoms with Crippen LogP contribution in [-0.2, 0) is 4.74 Å². The predicted molar refractivity (Wildman–Crippen MR) is 62.6 cm³/mol. The van der Waals surface area contributed by atoms with Gasteiger partial charge in [-0.25, -0.2) is 0 Å². The van der Waals surface area contributed by atoms with Crippen LogP contribution in [0.25, 0.3) is 0 Å². The van der Waals surface area contributed by atoms with Crippen LogP contribution in [0, 0.1) is 0 Å². The fraction of sp³-hybridized carbons (Fsp3) is 0.818. The number of aromatic nitrogens is 2. The molecular weight excluding hydrogens is 220 g/mol. The Morgan fingerprint density at radius 2 is 2.41 bits per heavy atom. The number of rotatable bonds is 4. The monoisotopic (exact) mass is 240 g/mol. The van der Waals surface area contributed by atoms with Gasteiger partial charge in [-0.1, -0.05) is 12.1 Å². The molecule has 1 aromatic rings. The summed E-state index contributed by atoms with van der Waals surface area (Å²) in [5.41, 5.74) is 5.51. The molecule has 1 aliphatic heterocycles. The first kappa shape index (κ1) is 12.5. The van der Waals surface area contributed by atoms with Crippen molar-refractivity contribution < 1.29 is 9.26 Å². The first-order valence-electron chi connectivity index (χ1n) is 6.04. The molecule has 6 heteroatoms. The van der Waals surface area contributed by atoms with E-state index < -0.39 is 0 Å². The Bertz CT molecular complexity index is 355. The third kappa shape index (κ3) is 3.02. The number of morpholine rings is 1. The van der Waals surface area contributed by atoms with Crippen molar-refractivity contribution in [1.82, 2.24) is 15.0 Å². The number of likely N-dealkylation sites (N-methyl/N-ethyl adjacent to an activating group) is 1. The molecule has 0 bridgehead atoms. The van der Waals surface area contributed by atoms with E-state index in [2.05, 4.69) is 22.1 Å². The molecule has 2 N–H and O–H groups in total. The maximum atomic E-state index is 5.64. The first-order chi connectivity index (χ1) is 8.20. The van der Waals surface area contributed by atoms with Gasteiger partial charge in [0.05, 0.1) is 6.61 Å². The zero-order valence-corrected chi connectivity index (χ0v) is 10.4. The third-order valence-corrected chi connectivity index (χ3v) is 3.04. The Labute approximate surface area is 101 Å². The van der Waals surface area contributed by atoms with Gasteiger partial charge in [-0.05, 0) is 20.0 Å². The van der Waals surface area contributed by atoms with E-state index in [-0.39, 0.29) is 12.0 Å². The van der Waals surface area contributed by atoms with Gasteiger partial charge >= 0.3 is 0 Å². The molecule has 1 aromatic heterocycles. The number of ether oxygens (including phenoxy) is 1.